The maximum absolute atomic E-state index is 12.3. The van der Waals surface area contributed by atoms with Gasteiger partial charge >= 0.3 is 0 Å². The van der Waals surface area contributed by atoms with Crippen LogP contribution in [0.4, 0.5) is 0 Å². The van der Waals surface area contributed by atoms with Crippen molar-refractivity contribution in [2.45, 2.75) is 39.0 Å². The van der Waals surface area contributed by atoms with Crippen LogP contribution in [0.25, 0.3) is 0 Å². The Bertz CT molecular complexity index is 286. The predicted octanol–water partition coefficient (Wildman–Crippen LogP) is 0.847. The maximum Gasteiger partial charge on any atom is 0.236 e. The average Bonchev–Trinajstić information content (AvgIpc) is 2.67. The lowest BCUT2D eigenvalue weighted by Gasteiger charge is -2.25. The number of hydrogen-bond acceptors (Lipinski definition) is 3. The van der Waals surface area contributed by atoms with E-state index >= 15 is 0 Å². The number of nitrogens with one attached hydrogen (secondary N) is 1. The maximum atomic E-state index is 12.3. The van der Waals surface area contributed by atoms with Crippen molar-refractivity contribution in [2.75, 3.05) is 39.8 Å². The first-order chi connectivity index (χ1) is 9.17. The fourth-order valence-corrected chi connectivity index (χ4v) is 2.42. The van der Waals surface area contributed by atoms with E-state index in [0.29, 0.717) is 13.1 Å². The summed E-state index contributed by atoms with van der Waals surface area (Å²) in [4.78, 5) is 27.6. The highest BCUT2D eigenvalue weighted by atomic mass is 16.2. The third-order valence-electron chi connectivity index (χ3n) is 3.50. The van der Waals surface area contributed by atoms with Crippen LogP contribution >= 0.6 is 0 Å². The number of carbonyl (C=O) groups excluding carboxylic acids is 2. The number of likely N-dealkylation sites (N-methyl/N-ethyl adjacent to an activating group) is 1. The summed E-state index contributed by atoms with van der Waals surface area (Å²) in [5.41, 5.74) is 0. The van der Waals surface area contributed by atoms with Gasteiger partial charge in [-0.2, -0.15) is 0 Å². The van der Waals surface area contributed by atoms with Gasteiger partial charge in [0.1, 0.15) is 0 Å². The molecule has 2 amide bonds. The molecule has 5 nitrogen and oxygen atoms in total. The molecule has 0 bridgehead atoms. The van der Waals surface area contributed by atoms with Crippen LogP contribution in [0.1, 0.15) is 39.0 Å². The van der Waals surface area contributed by atoms with Gasteiger partial charge in [0, 0.05) is 20.1 Å². The van der Waals surface area contributed by atoms with Gasteiger partial charge < -0.3 is 10.2 Å². The first-order valence-electron chi connectivity index (χ1n) is 7.38. The first kappa shape index (κ1) is 16.0. The Balaban J connectivity index is 2.46. The lowest BCUT2D eigenvalue weighted by Crippen LogP contribution is -2.44. The molecule has 1 aliphatic rings. The second kappa shape index (κ2) is 8.91. The molecule has 0 spiro atoms. The number of carbonyl (C=O) groups is 2. The SMILES string of the molecule is CCCN(CC(=O)NC)CC(=O)N1CCCCCC1. The lowest BCUT2D eigenvalue weighted by molar-refractivity contribution is -0.133. The fraction of sp³-hybridized carbons (Fsp3) is 0.857. The quantitative estimate of drug-likeness (QED) is 0.777. The monoisotopic (exact) mass is 269 g/mol. The Labute approximate surface area is 116 Å². The van der Waals surface area contributed by atoms with E-state index in [1.807, 2.05) is 9.80 Å². The molecular formula is C14H27N3O2. The minimum atomic E-state index is -0.0304. The van der Waals surface area contributed by atoms with Gasteiger partial charge in [-0.05, 0) is 25.8 Å². The Hall–Kier alpha value is -1.10. The Kier molecular flexibility index (Phi) is 7.48. The molecule has 1 rings (SSSR count). The first-order valence-corrected chi connectivity index (χ1v) is 7.38. The summed E-state index contributed by atoms with van der Waals surface area (Å²) in [6.07, 6.45) is 5.61. The minimum absolute atomic E-state index is 0.0304. The van der Waals surface area contributed by atoms with Crippen molar-refractivity contribution in [2.24, 2.45) is 0 Å². The molecule has 110 valence electrons. The second-order valence-corrected chi connectivity index (χ2v) is 5.18. The number of amides is 2. The van der Waals surface area contributed by atoms with Crippen LogP contribution < -0.4 is 5.32 Å². The van der Waals surface area contributed by atoms with Gasteiger partial charge in [0.25, 0.3) is 0 Å². The molecule has 0 saturated carbocycles. The molecule has 0 radical (unpaired) electrons. The average molecular weight is 269 g/mol. The molecule has 0 aromatic rings. The van der Waals surface area contributed by atoms with Crippen LogP contribution in [0.3, 0.4) is 0 Å². The molecule has 0 aliphatic carbocycles. The summed E-state index contributed by atoms with van der Waals surface area (Å²) >= 11 is 0. The lowest BCUT2D eigenvalue weighted by atomic mass is 10.2. The van der Waals surface area contributed by atoms with Crippen LogP contribution in [0.15, 0.2) is 0 Å². The number of likely N-dealkylation sites (tertiary alicyclic amines) is 1. The molecule has 0 aromatic heterocycles. The van der Waals surface area contributed by atoms with Crippen molar-refractivity contribution in [1.82, 2.24) is 15.1 Å². The molecular weight excluding hydrogens is 242 g/mol. The van der Waals surface area contributed by atoms with Crippen molar-refractivity contribution < 1.29 is 9.59 Å². The molecule has 0 unspecified atom stereocenters. The standard InChI is InChI=1S/C14H27N3O2/c1-3-8-16(11-13(18)15-2)12-14(19)17-9-6-4-5-7-10-17/h3-12H2,1-2H3,(H,15,18). The van der Waals surface area contributed by atoms with E-state index in [0.717, 1.165) is 38.9 Å². The van der Waals surface area contributed by atoms with E-state index in [9.17, 15) is 9.59 Å². The molecule has 1 N–H and O–H groups in total. The summed E-state index contributed by atoms with van der Waals surface area (Å²) in [7, 11) is 1.63. The Morgan fingerprint density at radius 1 is 1.11 bits per heavy atom. The Morgan fingerprint density at radius 3 is 2.26 bits per heavy atom. The van der Waals surface area contributed by atoms with E-state index < -0.39 is 0 Å². The van der Waals surface area contributed by atoms with Crippen molar-refractivity contribution >= 4 is 11.8 Å². The van der Waals surface area contributed by atoms with Crippen molar-refractivity contribution in [1.29, 1.82) is 0 Å². The topological polar surface area (TPSA) is 52.7 Å². The van der Waals surface area contributed by atoms with E-state index in [1.165, 1.54) is 12.8 Å². The van der Waals surface area contributed by atoms with E-state index in [1.54, 1.807) is 7.05 Å². The van der Waals surface area contributed by atoms with Crippen LogP contribution in [0.5, 0.6) is 0 Å². The highest BCUT2D eigenvalue weighted by molar-refractivity contribution is 5.81. The van der Waals surface area contributed by atoms with Gasteiger partial charge in [-0.25, -0.2) is 0 Å². The molecule has 1 fully saturated rings. The van der Waals surface area contributed by atoms with Gasteiger partial charge in [0.05, 0.1) is 13.1 Å². The highest BCUT2D eigenvalue weighted by Crippen LogP contribution is 2.10. The summed E-state index contributed by atoms with van der Waals surface area (Å²) in [5, 5.41) is 2.61. The van der Waals surface area contributed by atoms with Gasteiger partial charge in [-0.1, -0.05) is 19.8 Å². The van der Waals surface area contributed by atoms with Crippen LogP contribution in [0.2, 0.25) is 0 Å². The summed E-state index contributed by atoms with van der Waals surface area (Å²) in [6.45, 7) is 5.27. The second-order valence-electron chi connectivity index (χ2n) is 5.18. The minimum Gasteiger partial charge on any atom is -0.358 e. The van der Waals surface area contributed by atoms with E-state index in [2.05, 4.69) is 12.2 Å². The molecule has 0 aromatic carbocycles. The van der Waals surface area contributed by atoms with Crippen molar-refractivity contribution in [3.05, 3.63) is 0 Å². The summed E-state index contributed by atoms with van der Waals surface area (Å²) < 4.78 is 0. The van der Waals surface area contributed by atoms with Crippen LogP contribution in [-0.2, 0) is 9.59 Å². The smallest absolute Gasteiger partial charge is 0.236 e. The fourth-order valence-electron chi connectivity index (χ4n) is 2.42. The van der Waals surface area contributed by atoms with Crippen LogP contribution in [-0.4, -0.2) is 61.4 Å². The molecule has 5 heteroatoms. The number of hydrogen-bond donors (Lipinski definition) is 1. The predicted molar refractivity (Wildman–Crippen MR) is 75.8 cm³/mol. The zero-order valence-electron chi connectivity index (χ0n) is 12.3. The molecule has 1 aliphatic heterocycles. The molecule has 0 atom stereocenters. The van der Waals surface area contributed by atoms with Crippen molar-refractivity contribution in [3.63, 3.8) is 0 Å². The summed E-state index contributed by atoms with van der Waals surface area (Å²) in [6, 6.07) is 0. The molecule has 19 heavy (non-hydrogen) atoms. The zero-order valence-corrected chi connectivity index (χ0v) is 12.3. The van der Waals surface area contributed by atoms with Crippen LogP contribution in [0, 0.1) is 0 Å². The van der Waals surface area contributed by atoms with E-state index in [4.69, 9.17) is 0 Å². The third-order valence-corrected chi connectivity index (χ3v) is 3.50. The number of rotatable bonds is 6. The Morgan fingerprint density at radius 2 is 1.74 bits per heavy atom. The van der Waals surface area contributed by atoms with Gasteiger partial charge in [-0.15, -0.1) is 0 Å². The van der Waals surface area contributed by atoms with Crippen molar-refractivity contribution in [3.8, 4) is 0 Å². The largest absolute Gasteiger partial charge is 0.358 e. The zero-order chi connectivity index (χ0) is 14.1. The highest BCUT2D eigenvalue weighted by Gasteiger charge is 2.19. The normalized spacial score (nSPS) is 16.3. The molecule has 1 heterocycles. The van der Waals surface area contributed by atoms with Gasteiger partial charge in [-0.3, -0.25) is 14.5 Å². The van der Waals surface area contributed by atoms with Gasteiger partial charge in [0.15, 0.2) is 0 Å². The molecule has 1 saturated heterocycles. The summed E-state index contributed by atoms with van der Waals surface area (Å²) in [5.74, 6) is 0.136. The third kappa shape index (κ3) is 6.05. The van der Waals surface area contributed by atoms with E-state index in [-0.39, 0.29) is 11.8 Å². The van der Waals surface area contributed by atoms with Gasteiger partial charge in [0.2, 0.25) is 11.8 Å². The number of nitrogens with zero attached hydrogens (tertiary/aromatic N) is 2.